The molecule has 7 heteroatoms. The highest BCUT2D eigenvalue weighted by Gasteiger charge is 2.54. The molecule has 1 aromatic carbocycles. The molecular formula is C36H52F4N2O. The van der Waals surface area contributed by atoms with Crippen molar-refractivity contribution in [1.29, 1.82) is 5.26 Å². The third-order valence-electron chi connectivity index (χ3n) is 8.71. The zero-order valence-corrected chi connectivity index (χ0v) is 26.8. The Morgan fingerprint density at radius 1 is 1.14 bits per heavy atom. The molecule has 1 aromatic rings. The number of nitrogens with one attached hydrogen (secondary N) is 1. The Balaban J connectivity index is 0.000000407. The van der Waals surface area contributed by atoms with Gasteiger partial charge in [0.05, 0.1) is 11.6 Å². The summed E-state index contributed by atoms with van der Waals surface area (Å²) in [6, 6.07) is 6.75. The number of halogens is 4. The minimum absolute atomic E-state index is 0.271. The van der Waals surface area contributed by atoms with Gasteiger partial charge in [-0.05, 0) is 111 Å². The number of benzene rings is 1. The number of aliphatic hydroxyl groups is 1. The minimum Gasteiger partial charge on any atom is -0.400 e. The maximum absolute atomic E-state index is 13.2. The van der Waals surface area contributed by atoms with Crippen molar-refractivity contribution >= 4 is 0 Å². The lowest BCUT2D eigenvalue weighted by Crippen LogP contribution is -2.38. The molecule has 0 saturated heterocycles. The van der Waals surface area contributed by atoms with E-state index in [-0.39, 0.29) is 6.92 Å². The van der Waals surface area contributed by atoms with E-state index in [1.165, 1.54) is 42.4 Å². The molecular weight excluding hydrogens is 552 g/mol. The molecule has 1 fully saturated rings. The first-order chi connectivity index (χ1) is 20.2. The average molecular weight is 605 g/mol. The summed E-state index contributed by atoms with van der Waals surface area (Å²) in [6.07, 6.45) is 14.8. The molecule has 240 valence electrons. The van der Waals surface area contributed by atoms with E-state index in [1.54, 1.807) is 12.3 Å². The molecule has 3 rings (SSSR count). The summed E-state index contributed by atoms with van der Waals surface area (Å²) in [4.78, 5) is 0. The zero-order chi connectivity index (χ0) is 32.8. The Morgan fingerprint density at radius 2 is 1.77 bits per heavy atom. The molecule has 0 heterocycles. The fraction of sp³-hybridized carbons (Fsp3) is 0.583. The third-order valence-corrected chi connectivity index (χ3v) is 8.71. The number of allylic oxidation sites excluding steroid dienone is 4. The molecule has 3 nitrogen and oxygen atoms in total. The Kier molecular flexibility index (Phi) is 15.5. The quantitative estimate of drug-likeness (QED) is 0.126. The number of nitriles is 1. The Morgan fingerprint density at radius 3 is 2.28 bits per heavy atom. The van der Waals surface area contributed by atoms with E-state index in [2.05, 4.69) is 70.1 Å². The molecule has 2 aliphatic rings. The van der Waals surface area contributed by atoms with Crippen LogP contribution in [0.2, 0.25) is 0 Å². The molecule has 0 aliphatic heterocycles. The molecule has 1 atom stereocenters. The van der Waals surface area contributed by atoms with Gasteiger partial charge in [0.25, 0.3) is 0 Å². The van der Waals surface area contributed by atoms with Crippen molar-refractivity contribution in [2.75, 3.05) is 7.11 Å². The van der Waals surface area contributed by atoms with Gasteiger partial charge in [-0.3, -0.25) is 0 Å². The Bertz CT molecular complexity index is 1140. The zero-order valence-electron chi connectivity index (χ0n) is 26.8. The van der Waals surface area contributed by atoms with Crippen LogP contribution in [-0.4, -0.2) is 24.1 Å². The van der Waals surface area contributed by atoms with Crippen molar-refractivity contribution in [3.63, 3.8) is 0 Å². The van der Waals surface area contributed by atoms with Crippen molar-refractivity contribution in [3.8, 4) is 6.07 Å². The van der Waals surface area contributed by atoms with Crippen molar-refractivity contribution < 1.29 is 22.7 Å². The van der Waals surface area contributed by atoms with E-state index >= 15 is 0 Å². The predicted octanol–water partition coefficient (Wildman–Crippen LogP) is 9.99. The first-order valence-electron chi connectivity index (χ1n) is 15.3. The van der Waals surface area contributed by atoms with Crippen LogP contribution in [0.25, 0.3) is 0 Å². The molecule has 0 amide bonds. The fourth-order valence-corrected chi connectivity index (χ4v) is 5.53. The second-order valence-electron chi connectivity index (χ2n) is 12.2. The van der Waals surface area contributed by atoms with Crippen LogP contribution in [0.5, 0.6) is 0 Å². The molecule has 0 spiro atoms. The van der Waals surface area contributed by atoms with Crippen molar-refractivity contribution in [1.82, 2.24) is 5.32 Å². The van der Waals surface area contributed by atoms with Gasteiger partial charge in [0.2, 0.25) is 0 Å². The number of hydrogen-bond donors (Lipinski definition) is 2. The van der Waals surface area contributed by atoms with Gasteiger partial charge in [-0.15, -0.1) is 6.58 Å². The van der Waals surface area contributed by atoms with E-state index in [4.69, 9.17) is 5.11 Å². The van der Waals surface area contributed by atoms with Crippen LogP contribution in [0.15, 0.2) is 61.5 Å². The van der Waals surface area contributed by atoms with Gasteiger partial charge in [-0.2, -0.15) is 14.0 Å². The van der Waals surface area contributed by atoms with Crippen LogP contribution in [0.3, 0.4) is 0 Å². The van der Waals surface area contributed by atoms with E-state index in [1.807, 2.05) is 0 Å². The molecule has 43 heavy (non-hydrogen) atoms. The Labute approximate surface area is 257 Å². The van der Waals surface area contributed by atoms with Crippen LogP contribution >= 0.6 is 0 Å². The molecule has 0 bridgehead atoms. The van der Waals surface area contributed by atoms with Crippen LogP contribution in [-0.2, 0) is 12.8 Å². The van der Waals surface area contributed by atoms with Gasteiger partial charge in [0.15, 0.2) is 0 Å². The van der Waals surface area contributed by atoms with E-state index in [0.717, 1.165) is 62.0 Å². The average Bonchev–Trinajstić information content (AvgIpc) is 3.70. The van der Waals surface area contributed by atoms with Gasteiger partial charge in [-0.1, -0.05) is 50.8 Å². The topological polar surface area (TPSA) is 56.0 Å². The van der Waals surface area contributed by atoms with Gasteiger partial charge >= 0.3 is 11.8 Å². The number of nitrogens with zero attached hydrogens (tertiary/aromatic N) is 1. The number of rotatable bonds is 14. The summed E-state index contributed by atoms with van der Waals surface area (Å²) in [5, 5.41) is 19.3. The maximum atomic E-state index is 13.2. The first kappa shape index (κ1) is 38.2. The summed E-state index contributed by atoms with van der Waals surface area (Å²) in [6.45, 7) is 18.2. The second-order valence-corrected chi connectivity index (χ2v) is 12.2. The van der Waals surface area contributed by atoms with Gasteiger partial charge in [0, 0.05) is 32.1 Å². The van der Waals surface area contributed by atoms with Crippen molar-refractivity contribution in [2.45, 2.75) is 110 Å². The Hall–Kier alpha value is -2.85. The molecule has 1 saturated carbocycles. The summed E-state index contributed by atoms with van der Waals surface area (Å²) < 4.78 is 51.7. The molecule has 1 unspecified atom stereocenters. The lowest BCUT2D eigenvalue weighted by molar-refractivity contribution is -0.202. The van der Waals surface area contributed by atoms with Crippen molar-refractivity contribution in [2.24, 2.45) is 17.3 Å². The SMILES string of the molecule is C=CC1(C)CCC(Cc2cc(C)c(CC)cc2C#N)CC1.C=CNC(=C)CCCCC1=CC1CC(F)(F)C(C)(F)F.CO. The summed E-state index contributed by atoms with van der Waals surface area (Å²) in [5.41, 5.74) is 6.83. The lowest BCUT2D eigenvalue weighted by Gasteiger charge is -2.35. The number of alkyl halides is 4. The molecule has 2 aliphatic carbocycles. The maximum Gasteiger partial charge on any atom is 0.310 e. The van der Waals surface area contributed by atoms with E-state index in [0.29, 0.717) is 11.8 Å². The van der Waals surface area contributed by atoms with E-state index in [9.17, 15) is 22.8 Å². The second kappa shape index (κ2) is 17.4. The van der Waals surface area contributed by atoms with Crippen LogP contribution < -0.4 is 5.32 Å². The van der Waals surface area contributed by atoms with Crippen molar-refractivity contribution in [3.05, 3.63) is 83.7 Å². The lowest BCUT2D eigenvalue weighted by atomic mass is 9.70. The summed E-state index contributed by atoms with van der Waals surface area (Å²) in [5.74, 6) is -7.62. The van der Waals surface area contributed by atoms with Gasteiger partial charge < -0.3 is 10.4 Å². The highest BCUT2D eigenvalue weighted by Crippen LogP contribution is 2.46. The van der Waals surface area contributed by atoms with Crippen LogP contribution in [0, 0.1) is 35.5 Å². The van der Waals surface area contributed by atoms with E-state index < -0.39 is 24.2 Å². The molecule has 0 aromatic heterocycles. The normalized spacial score (nSPS) is 21.1. The first-order valence-corrected chi connectivity index (χ1v) is 15.3. The molecule has 2 N–H and O–H groups in total. The number of hydrogen-bond acceptors (Lipinski definition) is 3. The molecule has 0 radical (unpaired) electrons. The fourth-order valence-electron chi connectivity index (χ4n) is 5.53. The minimum atomic E-state index is -3.96. The summed E-state index contributed by atoms with van der Waals surface area (Å²) in [7, 11) is 1.00. The number of aliphatic hydroxyl groups excluding tert-OH is 1. The van der Waals surface area contributed by atoms with Gasteiger partial charge in [0.1, 0.15) is 0 Å². The monoisotopic (exact) mass is 604 g/mol. The number of aryl methyl sites for hydroxylation is 2. The largest absolute Gasteiger partial charge is 0.400 e. The van der Waals surface area contributed by atoms with Gasteiger partial charge in [-0.25, -0.2) is 8.78 Å². The third kappa shape index (κ3) is 12.3. The number of unbranched alkanes of at least 4 members (excludes halogenated alkanes) is 1. The standard InChI is InChI=1S/C20H27N.C15H21F4N.CH4O/c1-5-17-13-19(14-21)18(11-15(17)3)12-16-7-9-20(4,6-2)10-8-16;1-4-20-11(2)7-5-6-8-12-9-13(12)10-15(18,19)14(3,16)17;1-2/h6,11,13,16H,2,5,7-10,12H2,1,3-4H3;4,9,13,20H,1-2,5-8,10H2,3H3;2H,1H3. The highest BCUT2D eigenvalue weighted by atomic mass is 19.3. The van der Waals surface area contributed by atoms with Crippen LogP contribution in [0.4, 0.5) is 17.6 Å². The smallest absolute Gasteiger partial charge is 0.310 e. The summed E-state index contributed by atoms with van der Waals surface area (Å²) >= 11 is 0. The highest BCUT2D eigenvalue weighted by molar-refractivity contribution is 5.44. The predicted molar refractivity (Wildman–Crippen MR) is 170 cm³/mol. The van der Waals surface area contributed by atoms with Crippen LogP contribution in [0.1, 0.15) is 101 Å².